The van der Waals surface area contributed by atoms with Crippen LogP contribution in [0.15, 0.2) is 23.6 Å². The van der Waals surface area contributed by atoms with Crippen LogP contribution in [0.3, 0.4) is 0 Å². The van der Waals surface area contributed by atoms with E-state index in [-0.39, 0.29) is 0 Å². The zero-order valence-electron chi connectivity index (χ0n) is 10.5. The van der Waals surface area contributed by atoms with E-state index in [9.17, 15) is 0 Å². The van der Waals surface area contributed by atoms with Crippen LogP contribution in [-0.2, 0) is 13.0 Å². The Morgan fingerprint density at radius 2 is 2.00 bits per heavy atom. The van der Waals surface area contributed by atoms with Crippen molar-refractivity contribution in [1.82, 2.24) is 4.98 Å². The van der Waals surface area contributed by atoms with E-state index in [1.807, 2.05) is 23.6 Å². The van der Waals surface area contributed by atoms with Crippen LogP contribution in [0.5, 0.6) is 11.5 Å². The monoisotopic (exact) mass is 264 g/mol. The lowest BCUT2D eigenvalue weighted by molar-refractivity contribution is 0.354. The molecule has 96 valence electrons. The SMILES string of the molecule is COc1ccc(Cc2csc(CN)n2)cc1OC. The number of hydrogen-bond acceptors (Lipinski definition) is 5. The molecule has 0 spiro atoms. The topological polar surface area (TPSA) is 57.4 Å². The van der Waals surface area contributed by atoms with Gasteiger partial charge in [0.1, 0.15) is 5.01 Å². The maximum absolute atomic E-state index is 5.55. The molecule has 0 unspecified atom stereocenters. The van der Waals surface area contributed by atoms with Gasteiger partial charge in [-0.1, -0.05) is 6.07 Å². The van der Waals surface area contributed by atoms with Crippen molar-refractivity contribution in [1.29, 1.82) is 0 Å². The first-order valence-electron chi connectivity index (χ1n) is 5.61. The van der Waals surface area contributed by atoms with Gasteiger partial charge in [-0.2, -0.15) is 0 Å². The quantitative estimate of drug-likeness (QED) is 0.899. The smallest absolute Gasteiger partial charge is 0.160 e. The molecule has 0 radical (unpaired) electrons. The zero-order chi connectivity index (χ0) is 13.0. The third-order valence-electron chi connectivity index (χ3n) is 2.61. The molecule has 2 N–H and O–H groups in total. The summed E-state index contributed by atoms with van der Waals surface area (Å²) in [5, 5.41) is 3.00. The molecule has 0 aliphatic heterocycles. The average Bonchev–Trinajstić information content (AvgIpc) is 2.86. The van der Waals surface area contributed by atoms with E-state index in [0.29, 0.717) is 6.54 Å². The molecule has 1 aromatic heterocycles. The summed E-state index contributed by atoms with van der Waals surface area (Å²) in [7, 11) is 3.27. The van der Waals surface area contributed by atoms with Gasteiger partial charge in [0.2, 0.25) is 0 Å². The molecule has 1 aromatic carbocycles. The lowest BCUT2D eigenvalue weighted by atomic mass is 10.1. The fourth-order valence-electron chi connectivity index (χ4n) is 1.72. The van der Waals surface area contributed by atoms with Crippen molar-refractivity contribution in [2.45, 2.75) is 13.0 Å². The first-order valence-corrected chi connectivity index (χ1v) is 6.49. The summed E-state index contributed by atoms with van der Waals surface area (Å²) in [6.45, 7) is 0.497. The van der Waals surface area contributed by atoms with Gasteiger partial charge in [-0.3, -0.25) is 0 Å². The summed E-state index contributed by atoms with van der Waals surface area (Å²) in [6.07, 6.45) is 0.775. The highest BCUT2D eigenvalue weighted by Gasteiger charge is 2.07. The van der Waals surface area contributed by atoms with Gasteiger partial charge in [0.25, 0.3) is 0 Å². The predicted octanol–water partition coefficient (Wildman–Crippen LogP) is 2.21. The van der Waals surface area contributed by atoms with Crippen LogP contribution in [0.2, 0.25) is 0 Å². The van der Waals surface area contributed by atoms with E-state index < -0.39 is 0 Å². The van der Waals surface area contributed by atoms with E-state index in [4.69, 9.17) is 15.2 Å². The van der Waals surface area contributed by atoms with E-state index >= 15 is 0 Å². The van der Waals surface area contributed by atoms with E-state index in [2.05, 4.69) is 4.98 Å². The molecular formula is C13H16N2O2S. The summed E-state index contributed by atoms with van der Waals surface area (Å²) in [4.78, 5) is 4.44. The van der Waals surface area contributed by atoms with Crippen LogP contribution in [-0.4, -0.2) is 19.2 Å². The largest absolute Gasteiger partial charge is 0.493 e. The van der Waals surface area contributed by atoms with E-state index in [0.717, 1.165) is 34.2 Å². The molecule has 0 saturated carbocycles. The van der Waals surface area contributed by atoms with Crippen LogP contribution in [0.4, 0.5) is 0 Å². The van der Waals surface area contributed by atoms with Gasteiger partial charge in [-0.05, 0) is 17.7 Å². The number of ether oxygens (including phenoxy) is 2. The van der Waals surface area contributed by atoms with Crippen LogP contribution in [0.1, 0.15) is 16.3 Å². The summed E-state index contributed by atoms with van der Waals surface area (Å²) in [5.74, 6) is 1.48. The first kappa shape index (κ1) is 12.9. The lowest BCUT2D eigenvalue weighted by Crippen LogP contribution is -1.97. The van der Waals surface area contributed by atoms with Crippen molar-refractivity contribution in [3.05, 3.63) is 39.8 Å². The standard InChI is InChI=1S/C13H16N2O2S/c1-16-11-4-3-9(6-12(11)17-2)5-10-8-18-13(7-14)15-10/h3-4,6,8H,5,7,14H2,1-2H3. The van der Waals surface area contributed by atoms with Crippen molar-refractivity contribution >= 4 is 11.3 Å². The van der Waals surface area contributed by atoms with Gasteiger partial charge >= 0.3 is 0 Å². The Bertz CT molecular complexity index is 525. The van der Waals surface area contributed by atoms with Crippen LogP contribution in [0, 0.1) is 0 Å². The second-order valence-corrected chi connectivity index (χ2v) is 4.75. The number of thiazole rings is 1. The Hall–Kier alpha value is -1.59. The Morgan fingerprint density at radius 1 is 1.22 bits per heavy atom. The Labute approximate surface area is 110 Å². The molecule has 4 nitrogen and oxygen atoms in total. The van der Waals surface area contributed by atoms with Crippen molar-refractivity contribution in [3.8, 4) is 11.5 Å². The Kier molecular flexibility index (Phi) is 4.17. The fraction of sp³-hybridized carbons (Fsp3) is 0.308. The highest BCUT2D eigenvalue weighted by molar-refractivity contribution is 7.09. The van der Waals surface area contributed by atoms with E-state index in [1.165, 1.54) is 0 Å². The molecule has 18 heavy (non-hydrogen) atoms. The second-order valence-electron chi connectivity index (χ2n) is 3.80. The number of rotatable bonds is 5. The number of aromatic nitrogens is 1. The molecule has 0 bridgehead atoms. The molecular weight excluding hydrogens is 248 g/mol. The maximum Gasteiger partial charge on any atom is 0.160 e. The Balaban J connectivity index is 2.18. The van der Waals surface area contributed by atoms with Gasteiger partial charge in [0, 0.05) is 18.3 Å². The number of nitrogens with zero attached hydrogens (tertiary/aromatic N) is 1. The van der Waals surface area contributed by atoms with Gasteiger partial charge in [-0.15, -0.1) is 11.3 Å². The first-order chi connectivity index (χ1) is 8.76. The summed E-state index contributed by atoms with van der Waals surface area (Å²) in [5.41, 5.74) is 7.73. The third-order valence-corrected chi connectivity index (χ3v) is 3.53. The van der Waals surface area contributed by atoms with Gasteiger partial charge in [-0.25, -0.2) is 4.98 Å². The highest BCUT2D eigenvalue weighted by Crippen LogP contribution is 2.28. The molecule has 2 rings (SSSR count). The second kappa shape index (κ2) is 5.84. The van der Waals surface area contributed by atoms with Gasteiger partial charge in [0.05, 0.1) is 19.9 Å². The summed E-state index contributed by atoms with van der Waals surface area (Å²) in [6, 6.07) is 5.90. The van der Waals surface area contributed by atoms with E-state index in [1.54, 1.807) is 25.6 Å². The zero-order valence-corrected chi connectivity index (χ0v) is 11.3. The van der Waals surface area contributed by atoms with Gasteiger partial charge in [0.15, 0.2) is 11.5 Å². The van der Waals surface area contributed by atoms with Crippen molar-refractivity contribution in [2.75, 3.05) is 14.2 Å². The van der Waals surface area contributed by atoms with Crippen LogP contribution >= 0.6 is 11.3 Å². The fourth-order valence-corrected chi connectivity index (χ4v) is 2.40. The molecule has 0 atom stereocenters. The van der Waals surface area contributed by atoms with Crippen molar-refractivity contribution < 1.29 is 9.47 Å². The molecule has 0 aliphatic carbocycles. The minimum absolute atomic E-state index is 0.497. The third kappa shape index (κ3) is 2.80. The van der Waals surface area contributed by atoms with Crippen LogP contribution in [0.25, 0.3) is 0 Å². The highest BCUT2D eigenvalue weighted by atomic mass is 32.1. The molecule has 0 fully saturated rings. The van der Waals surface area contributed by atoms with Crippen molar-refractivity contribution in [3.63, 3.8) is 0 Å². The number of methoxy groups -OCH3 is 2. The van der Waals surface area contributed by atoms with Crippen molar-refractivity contribution in [2.24, 2.45) is 5.73 Å². The minimum Gasteiger partial charge on any atom is -0.493 e. The number of nitrogens with two attached hydrogens (primary N) is 1. The molecule has 1 heterocycles. The maximum atomic E-state index is 5.55. The average molecular weight is 264 g/mol. The molecule has 0 saturated heterocycles. The summed E-state index contributed by atoms with van der Waals surface area (Å²) >= 11 is 1.59. The Morgan fingerprint density at radius 3 is 2.61 bits per heavy atom. The summed E-state index contributed by atoms with van der Waals surface area (Å²) < 4.78 is 10.5. The molecule has 0 aliphatic rings. The molecule has 5 heteroatoms. The lowest BCUT2D eigenvalue weighted by Gasteiger charge is -2.08. The van der Waals surface area contributed by atoms with Gasteiger partial charge < -0.3 is 15.2 Å². The normalized spacial score (nSPS) is 10.4. The molecule has 0 amide bonds. The minimum atomic E-state index is 0.497. The predicted molar refractivity (Wildman–Crippen MR) is 72.4 cm³/mol. The number of benzene rings is 1. The van der Waals surface area contributed by atoms with Crippen LogP contribution < -0.4 is 15.2 Å². The molecule has 2 aromatic rings. The number of hydrogen-bond donors (Lipinski definition) is 1.